The summed E-state index contributed by atoms with van der Waals surface area (Å²) >= 11 is 0. The van der Waals surface area contributed by atoms with Gasteiger partial charge in [0.1, 0.15) is 23.4 Å². The van der Waals surface area contributed by atoms with Gasteiger partial charge in [0.2, 0.25) is 0 Å². The molecule has 0 bridgehead atoms. The first-order chi connectivity index (χ1) is 63.8. The summed E-state index contributed by atoms with van der Waals surface area (Å²) < 4.78 is 25.5. The topological polar surface area (TPSA) is 56.7 Å². The second-order valence-corrected chi connectivity index (χ2v) is 36.4. The van der Waals surface area contributed by atoms with Crippen molar-refractivity contribution in [1.29, 1.82) is 0 Å². The summed E-state index contributed by atoms with van der Waals surface area (Å²) in [6, 6.07) is 148. The third-order valence-corrected chi connectivity index (χ3v) is 29.9. The number of allylic oxidation sites excluding steroid dienone is 4. The second kappa shape index (κ2) is 25.9. The lowest BCUT2D eigenvalue weighted by atomic mass is 9.61. The van der Waals surface area contributed by atoms with Crippen molar-refractivity contribution in [3.05, 3.63) is 473 Å². The van der Waals surface area contributed by atoms with Gasteiger partial charge in [0.25, 0.3) is 0 Å². The Labute approximate surface area is 744 Å². The summed E-state index contributed by atoms with van der Waals surface area (Å²) in [6.07, 6.45) is 6.73. The van der Waals surface area contributed by atoms with Crippen LogP contribution in [0.5, 0.6) is 23.0 Å². The van der Waals surface area contributed by atoms with Crippen molar-refractivity contribution in [2.24, 2.45) is 0 Å². The van der Waals surface area contributed by atoms with Gasteiger partial charge in [0, 0.05) is 99.5 Å². The van der Waals surface area contributed by atoms with Gasteiger partial charge in [-0.15, -0.1) is 0 Å². The molecule has 3 unspecified atom stereocenters. The van der Waals surface area contributed by atoms with E-state index in [2.05, 4.69) is 454 Å². The first-order valence-corrected chi connectivity index (χ1v) is 45.1. The van der Waals surface area contributed by atoms with E-state index in [1.165, 1.54) is 88.3 Å². The third kappa shape index (κ3) is 9.26. The molecule has 9 heterocycles. The van der Waals surface area contributed by atoms with Crippen molar-refractivity contribution < 1.29 is 9.47 Å². The van der Waals surface area contributed by atoms with Gasteiger partial charge in [-0.3, -0.25) is 0 Å². The van der Waals surface area contributed by atoms with Gasteiger partial charge in [-0.25, -0.2) is 0 Å². The SMILES string of the molecule is CC1(C)C2=C(CCC=C2)c2ccc(N(c3ccccc3)c3ccc(-n4c5ccccc5c5ccc6c(c54)Oc4ccccc4C64c5ccccc5-n5c6cc(-c7ccc8c9c%10c(ccc9n(-c9ccc(C%11Nc%12ccccc%12N%11c%11ccccc%11)cc9)c8c7)C7(c8ccccc8O%10)c8ccccc8-n8c9ccccc9c9cccc7c98)ccc6c6cccc4c65)cc3)cc21. The minimum absolute atomic E-state index is 0.111. The molecule has 0 saturated carbocycles. The number of benzene rings is 18. The fourth-order valence-corrected chi connectivity index (χ4v) is 24.6. The van der Waals surface area contributed by atoms with Crippen LogP contribution in [0.15, 0.2) is 412 Å². The molecule has 22 aromatic rings. The Morgan fingerprint density at radius 2 is 0.822 bits per heavy atom. The van der Waals surface area contributed by atoms with E-state index in [0.29, 0.717) is 0 Å². The van der Waals surface area contributed by atoms with Gasteiger partial charge >= 0.3 is 0 Å². The van der Waals surface area contributed by atoms with Crippen molar-refractivity contribution in [3.63, 3.8) is 0 Å². The van der Waals surface area contributed by atoms with Crippen molar-refractivity contribution in [2.75, 3.05) is 15.1 Å². The molecule has 2 aliphatic carbocycles. The first kappa shape index (κ1) is 71.0. The van der Waals surface area contributed by atoms with Gasteiger partial charge < -0.3 is 42.9 Å². The Kier molecular flexibility index (Phi) is 14.3. The molecule has 9 heteroatoms. The predicted molar refractivity (Wildman–Crippen MR) is 528 cm³/mol. The van der Waals surface area contributed by atoms with Crippen LogP contribution in [-0.4, -0.2) is 18.3 Å². The number of ether oxygens (including phenoxy) is 2. The molecule has 0 saturated heterocycles. The van der Waals surface area contributed by atoms with E-state index in [1.807, 2.05) is 0 Å². The average molecular weight is 1650 g/mol. The van der Waals surface area contributed by atoms with E-state index in [0.717, 1.165) is 175 Å². The molecule has 129 heavy (non-hydrogen) atoms. The third-order valence-electron chi connectivity index (χ3n) is 29.9. The highest BCUT2D eigenvalue weighted by atomic mass is 16.5. The average Bonchev–Trinajstić information content (AvgIpc) is 1.60. The number of fused-ring (bicyclic) bond motifs is 33. The summed E-state index contributed by atoms with van der Waals surface area (Å²) in [5.74, 6) is 3.38. The van der Waals surface area contributed by atoms with Crippen LogP contribution in [0.25, 0.3) is 127 Å². The minimum atomic E-state index is -0.840. The van der Waals surface area contributed by atoms with Crippen LogP contribution >= 0.6 is 0 Å². The van der Waals surface area contributed by atoms with Gasteiger partial charge in [-0.1, -0.05) is 281 Å². The predicted octanol–water partition coefficient (Wildman–Crippen LogP) is 30.5. The van der Waals surface area contributed by atoms with Crippen LogP contribution in [0.1, 0.15) is 94.1 Å². The zero-order chi connectivity index (χ0) is 84.4. The lowest BCUT2D eigenvalue weighted by molar-refractivity contribution is 0.438. The number of nitrogens with one attached hydrogen (secondary N) is 1. The summed E-state index contributed by atoms with van der Waals surface area (Å²) in [4.78, 5) is 4.84. The van der Waals surface area contributed by atoms with E-state index in [1.54, 1.807) is 0 Å². The molecule has 0 radical (unpaired) electrons. The standard InChI is InChI=1S/C120H79N7O2/c1-118(2)90-36-12-9-31-81(90)82-64-61-80(71-99(82)118)122(75-27-5-3-6-28-75)77-57-59-79(60-58-77)124-101-44-18-10-33-84(101)88-65-66-98-116(114(88)124)129-110-50-24-16-40-94(110)120(98)92-38-14-21-47-104(92)127-107-69-73(53-62-85(107)87-35-26-42-96(120)113(87)127)74-54-63-89-108(70-74)123(78-55-51-72(52-56-78)117-121-100-43-17-22-48-105(100)125(117)76-29-7-4-8-30-76)106-68-67-97-115(111(89)106)128-109-49-23-15-39-93(109)119(97)91-37-13-20-46-103(91)126-102-45-19-11-32-83(102)86-34-25-41-95(119)112(86)126/h3-8,10-30,32-71,117,121H,9,31H2,1-2H3. The van der Waals surface area contributed by atoms with Gasteiger partial charge in [-0.05, 0) is 214 Å². The van der Waals surface area contributed by atoms with Crippen molar-refractivity contribution in [2.45, 2.75) is 49.1 Å². The van der Waals surface area contributed by atoms with E-state index in [4.69, 9.17) is 9.47 Å². The van der Waals surface area contributed by atoms with E-state index in [-0.39, 0.29) is 11.6 Å². The second-order valence-electron chi connectivity index (χ2n) is 36.4. The number of anilines is 6. The first-order valence-electron chi connectivity index (χ1n) is 45.1. The molecule has 1 N–H and O–H groups in total. The van der Waals surface area contributed by atoms with Crippen LogP contribution in [-0.2, 0) is 16.2 Å². The smallest absolute Gasteiger partial charge is 0.156 e. The van der Waals surface area contributed by atoms with Gasteiger partial charge in [0.05, 0.1) is 83.1 Å². The Bertz CT molecular complexity index is 8780. The Morgan fingerprint density at radius 1 is 0.326 bits per heavy atom. The normalized spacial score (nSPS) is 17.2. The quantitative estimate of drug-likeness (QED) is 0.164. The molecule has 0 amide bonds. The number of para-hydroxylation sites is 12. The molecular formula is C120H79N7O2. The summed E-state index contributed by atoms with van der Waals surface area (Å²) in [5, 5.41) is 13.2. The monoisotopic (exact) mass is 1650 g/mol. The fourth-order valence-electron chi connectivity index (χ4n) is 24.6. The lowest BCUT2D eigenvalue weighted by Gasteiger charge is -2.45. The highest BCUT2D eigenvalue weighted by molar-refractivity contribution is 6.19. The molecule has 2 spiro atoms. The Hall–Kier alpha value is -16.4. The molecule has 7 aliphatic rings. The number of hydrogen-bond donors (Lipinski definition) is 1. The highest BCUT2D eigenvalue weighted by Crippen LogP contribution is 2.66. The maximum Gasteiger partial charge on any atom is 0.156 e. The number of aromatic nitrogens is 4. The van der Waals surface area contributed by atoms with E-state index < -0.39 is 10.8 Å². The van der Waals surface area contributed by atoms with Crippen LogP contribution < -0.4 is 24.6 Å². The molecule has 3 atom stereocenters. The fraction of sp³-hybridized carbons (Fsp3) is 0.0667. The minimum Gasteiger partial charge on any atom is -0.456 e. The Balaban J connectivity index is 0.614. The van der Waals surface area contributed by atoms with Crippen molar-refractivity contribution in [3.8, 4) is 56.9 Å². The number of nitrogens with zero attached hydrogens (tertiary/aromatic N) is 6. The number of hydrogen-bond acceptors (Lipinski definition) is 5. The zero-order valence-electron chi connectivity index (χ0n) is 70.7. The molecule has 5 aliphatic heterocycles. The molecule has 18 aromatic carbocycles. The molecule has 606 valence electrons. The summed E-state index contributed by atoms with van der Waals surface area (Å²) in [5.41, 5.74) is 36.6. The molecule has 4 aromatic heterocycles. The number of rotatable bonds is 8. The van der Waals surface area contributed by atoms with Crippen molar-refractivity contribution >= 4 is 127 Å². The summed E-state index contributed by atoms with van der Waals surface area (Å²) in [7, 11) is 0. The highest BCUT2D eigenvalue weighted by Gasteiger charge is 2.54. The van der Waals surface area contributed by atoms with Crippen LogP contribution in [0.2, 0.25) is 0 Å². The maximum atomic E-state index is 7.71. The molecule has 9 nitrogen and oxygen atoms in total. The van der Waals surface area contributed by atoms with Crippen molar-refractivity contribution in [1.82, 2.24) is 18.3 Å². The zero-order valence-corrected chi connectivity index (χ0v) is 70.7. The van der Waals surface area contributed by atoms with Gasteiger partial charge in [-0.2, -0.15) is 0 Å². The van der Waals surface area contributed by atoms with Crippen LogP contribution in [0.4, 0.5) is 34.1 Å². The summed E-state index contributed by atoms with van der Waals surface area (Å²) in [6.45, 7) is 4.79. The largest absolute Gasteiger partial charge is 0.456 e. The van der Waals surface area contributed by atoms with Crippen LogP contribution in [0, 0.1) is 0 Å². The lowest BCUT2D eigenvalue weighted by Crippen LogP contribution is -2.37. The van der Waals surface area contributed by atoms with Gasteiger partial charge in [0.15, 0.2) is 5.75 Å². The Morgan fingerprint density at radius 3 is 1.51 bits per heavy atom. The van der Waals surface area contributed by atoms with Crippen LogP contribution in [0.3, 0.4) is 0 Å². The van der Waals surface area contributed by atoms with E-state index in [9.17, 15) is 0 Å². The molecule has 0 fully saturated rings. The molecule has 29 rings (SSSR count). The molecular weight excluding hydrogens is 1570 g/mol. The maximum absolute atomic E-state index is 7.71. The van der Waals surface area contributed by atoms with E-state index >= 15 is 0 Å².